The van der Waals surface area contributed by atoms with Crippen molar-refractivity contribution >= 4 is 17.9 Å². The van der Waals surface area contributed by atoms with Gasteiger partial charge < -0.3 is 39.4 Å². The third kappa shape index (κ3) is 4.72. The van der Waals surface area contributed by atoms with Crippen LogP contribution in [0.5, 0.6) is 23.0 Å². The van der Waals surface area contributed by atoms with Crippen molar-refractivity contribution in [2.75, 3.05) is 7.11 Å². The van der Waals surface area contributed by atoms with E-state index in [9.17, 15) is 34.8 Å². The predicted molar refractivity (Wildman–Crippen MR) is 130 cm³/mol. The Labute approximate surface area is 217 Å². The Hall–Kier alpha value is -4.25. The zero-order chi connectivity index (χ0) is 27.9. The molecule has 0 amide bonds. The summed E-state index contributed by atoms with van der Waals surface area (Å²) in [7, 11) is 1.47. The number of esters is 3. The molecule has 2 aliphatic rings. The molecule has 2 aliphatic heterocycles. The van der Waals surface area contributed by atoms with Crippen LogP contribution < -0.4 is 4.74 Å². The van der Waals surface area contributed by atoms with E-state index in [-0.39, 0.29) is 54.1 Å². The number of hydrogen-bond acceptors (Lipinski definition) is 11. The van der Waals surface area contributed by atoms with E-state index < -0.39 is 35.5 Å². The van der Waals surface area contributed by atoms with Crippen LogP contribution in [0.4, 0.5) is 0 Å². The number of rotatable bonds is 7. The van der Waals surface area contributed by atoms with Crippen LogP contribution in [0.2, 0.25) is 0 Å². The highest BCUT2D eigenvalue weighted by Gasteiger charge is 2.48. The number of aromatic hydroxyl groups is 3. The van der Waals surface area contributed by atoms with Crippen LogP contribution >= 0.6 is 0 Å². The van der Waals surface area contributed by atoms with Crippen LogP contribution in [-0.4, -0.2) is 51.2 Å². The lowest BCUT2D eigenvalue weighted by molar-refractivity contribution is -0.233. The van der Waals surface area contributed by atoms with E-state index in [0.29, 0.717) is 22.4 Å². The monoisotopic (exact) mass is 528 g/mol. The summed E-state index contributed by atoms with van der Waals surface area (Å²) in [6.45, 7) is 4.75. The second-order valence-electron chi connectivity index (χ2n) is 9.41. The number of methoxy groups -OCH3 is 1. The van der Waals surface area contributed by atoms with Crippen molar-refractivity contribution in [3.8, 4) is 23.0 Å². The Morgan fingerprint density at radius 3 is 2.55 bits per heavy atom. The van der Waals surface area contributed by atoms with Gasteiger partial charge >= 0.3 is 17.9 Å². The molecular weight excluding hydrogens is 500 g/mol. The summed E-state index contributed by atoms with van der Waals surface area (Å²) in [6.07, 6.45) is 0.653. The van der Waals surface area contributed by atoms with Gasteiger partial charge in [0.25, 0.3) is 5.79 Å². The zero-order valence-electron chi connectivity index (χ0n) is 21.3. The van der Waals surface area contributed by atoms with Gasteiger partial charge in [0, 0.05) is 36.1 Å². The first kappa shape index (κ1) is 26.8. The van der Waals surface area contributed by atoms with Gasteiger partial charge in [-0.2, -0.15) is 0 Å². The molecule has 0 saturated heterocycles. The predicted octanol–water partition coefficient (Wildman–Crippen LogP) is 3.22. The van der Waals surface area contributed by atoms with E-state index in [2.05, 4.69) is 0 Å². The Bertz CT molecular complexity index is 1370. The SMILES string of the molecule is COc1c(C)c2c(c(O)c1C/C=C(\C)CCC(=O)O[C@H]1c3cc(O)cc(O)c3C(=O)O[C@]1(C)O)C(=O)OC2. The molecule has 0 spiro atoms. The van der Waals surface area contributed by atoms with Gasteiger partial charge in [-0.05, 0) is 38.3 Å². The van der Waals surface area contributed by atoms with Crippen LogP contribution in [-0.2, 0) is 32.0 Å². The second kappa shape index (κ2) is 9.90. The standard InChI is InChI=1S/C27H28O11/c1-12(5-7-15-22(31)21-17(11-36-25(21)32)13(2)23(15)35-4)6-8-19(30)37-24-16-9-14(28)10-18(29)20(16)26(33)38-27(24,3)34/h5,9-10,24,28-29,31,34H,6-8,11H2,1-4H3/b12-5+/t24-,27-/m0/s1. The van der Waals surface area contributed by atoms with Crippen molar-refractivity contribution in [3.05, 3.63) is 57.2 Å². The van der Waals surface area contributed by atoms with Crippen molar-refractivity contribution in [2.24, 2.45) is 0 Å². The van der Waals surface area contributed by atoms with Gasteiger partial charge in [-0.25, -0.2) is 9.59 Å². The smallest absolute Gasteiger partial charge is 0.345 e. The molecule has 2 aromatic rings. The molecule has 0 unspecified atom stereocenters. The molecule has 2 atom stereocenters. The molecule has 11 nitrogen and oxygen atoms in total. The van der Waals surface area contributed by atoms with Crippen LogP contribution in [0.1, 0.15) is 75.8 Å². The molecule has 202 valence electrons. The maximum atomic E-state index is 12.7. The number of phenols is 3. The molecule has 0 saturated carbocycles. The fourth-order valence-electron chi connectivity index (χ4n) is 4.71. The van der Waals surface area contributed by atoms with Gasteiger partial charge in [0.1, 0.15) is 40.7 Å². The number of aliphatic hydroxyl groups is 1. The number of cyclic esters (lactones) is 2. The lowest BCUT2D eigenvalue weighted by Gasteiger charge is -2.36. The molecule has 2 aromatic carbocycles. The van der Waals surface area contributed by atoms with Gasteiger partial charge in [0.15, 0.2) is 6.10 Å². The minimum atomic E-state index is -2.23. The van der Waals surface area contributed by atoms with Crippen molar-refractivity contribution in [1.82, 2.24) is 0 Å². The van der Waals surface area contributed by atoms with Crippen molar-refractivity contribution in [3.63, 3.8) is 0 Å². The van der Waals surface area contributed by atoms with Gasteiger partial charge in [0.2, 0.25) is 0 Å². The van der Waals surface area contributed by atoms with Gasteiger partial charge in [-0.3, -0.25) is 4.79 Å². The normalized spacial score (nSPS) is 20.3. The first-order chi connectivity index (χ1) is 17.9. The molecule has 11 heteroatoms. The highest BCUT2D eigenvalue weighted by atomic mass is 16.7. The Morgan fingerprint density at radius 2 is 1.87 bits per heavy atom. The zero-order valence-corrected chi connectivity index (χ0v) is 21.3. The maximum Gasteiger partial charge on any atom is 0.345 e. The molecule has 0 aliphatic carbocycles. The number of allylic oxidation sites excluding steroid dienone is 2. The molecular formula is C27H28O11. The summed E-state index contributed by atoms with van der Waals surface area (Å²) < 4.78 is 20.9. The van der Waals surface area contributed by atoms with E-state index >= 15 is 0 Å². The maximum absolute atomic E-state index is 12.7. The van der Waals surface area contributed by atoms with Crippen molar-refractivity contribution in [2.45, 2.75) is 58.5 Å². The summed E-state index contributed by atoms with van der Waals surface area (Å²) in [4.78, 5) is 37.0. The fraction of sp³-hybridized carbons (Fsp3) is 0.370. The van der Waals surface area contributed by atoms with E-state index in [4.69, 9.17) is 18.9 Å². The Kier molecular flexibility index (Phi) is 6.98. The number of benzene rings is 2. The number of hydrogen-bond donors (Lipinski definition) is 4. The number of fused-ring (bicyclic) bond motifs is 2. The molecule has 4 N–H and O–H groups in total. The lowest BCUT2D eigenvalue weighted by Crippen LogP contribution is -2.44. The molecule has 0 aromatic heterocycles. The summed E-state index contributed by atoms with van der Waals surface area (Å²) in [5.74, 6) is -5.30. The minimum Gasteiger partial charge on any atom is -0.508 e. The summed E-state index contributed by atoms with van der Waals surface area (Å²) in [5, 5.41) is 41.2. The summed E-state index contributed by atoms with van der Waals surface area (Å²) >= 11 is 0. The second-order valence-corrected chi connectivity index (χ2v) is 9.41. The van der Waals surface area contributed by atoms with Crippen molar-refractivity contribution < 1.29 is 53.8 Å². The highest BCUT2D eigenvalue weighted by molar-refractivity contribution is 5.98. The van der Waals surface area contributed by atoms with E-state index in [0.717, 1.165) is 24.6 Å². The van der Waals surface area contributed by atoms with Gasteiger partial charge in [-0.15, -0.1) is 0 Å². The summed E-state index contributed by atoms with van der Waals surface area (Å²) in [5.41, 5.74) is 2.20. The molecule has 0 radical (unpaired) electrons. The average molecular weight is 529 g/mol. The van der Waals surface area contributed by atoms with Crippen LogP contribution in [0.3, 0.4) is 0 Å². The van der Waals surface area contributed by atoms with Crippen LogP contribution in [0, 0.1) is 6.92 Å². The first-order valence-corrected chi connectivity index (χ1v) is 11.8. The Balaban J connectivity index is 1.48. The van der Waals surface area contributed by atoms with E-state index in [1.165, 1.54) is 7.11 Å². The van der Waals surface area contributed by atoms with E-state index in [1.807, 2.05) is 0 Å². The fourth-order valence-corrected chi connectivity index (χ4v) is 4.71. The molecule has 2 heterocycles. The van der Waals surface area contributed by atoms with Crippen LogP contribution in [0.15, 0.2) is 23.8 Å². The molecule has 0 fully saturated rings. The van der Waals surface area contributed by atoms with Gasteiger partial charge in [-0.1, -0.05) is 11.6 Å². The number of carbonyl (C=O) groups is 3. The largest absolute Gasteiger partial charge is 0.508 e. The van der Waals surface area contributed by atoms with Crippen molar-refractivity contribution in [1.29, 1.82) is 0 Å². The average Bonchev–Trinajstić information content (AvgIpc) is 3.22. The lowest BCUT2D eigenvalue weighted by atomic mass is 9.93. The molecule has 38 heavy (non-hydrogen) atoms. The molecule has 4 rings (SSSR count). The highest BCUT2D eigenvalue weighted by Crippen LogP contribution is 2.44. The summed E-state index contributed by atoms with van der Waals surface area (Å²) in [6, 6.07) is 2.05. The third-order valence-electron chi connectivity index (χ3n) is 6.68. The van der Waals surface area contributed by atoms with Gasteiger partial charge in [0.05, 0.1) is 7.11 Å². The molecule has 0 bridgehead atoms. The number of ether oxygens (including phenoxy) is 4. The topological polar surface area (TPSA) is 169 Å². The Morgan fingerprint density at radius 1 is 1.16 bits per heavy atom. The van der Waals surface area contributed by atoms with Crippen LogP contribution in [0.25, 0.3) is 0 Å². The first-order valence-electron chi connectivity index (χ1n) is 11.8. The van der Waals surface area contributed by atoms with E-state index in [1.54, 1.807) is 19.9 Å². The quantitative estimate of drug-likeness (QED) is 0.236. The number of phenolic OH excluding ortho intramolecular Hbond substituents is 3. The third-order valence-corrected chi connectivity index (χ3v) is 6.68. The number of carbonyl (C=O) groups excluding carboxylic acids is 3. The minimum absolute atomic E-state index is 0.0674.